The molecule has 5 heteroatoms. The Bertz CT molecular complexity index is 679. The number of furan rings is 1. The Hall–Kier alpha value is -2.56. The van der Waals surface area contributed by atoms with Crippen LogP contribution < -0.4 is 10.6 Å². The summed E-state index contributed by atoms with van der Waals surface area (Å²) >= 11 is 0. The standard InChI is InChI=1S/C17H20N2O3/c1-11-14(9-10-22-11)16(21)18-13-7-5-12(6-8-13)15(20)19-17(2,3)4/h5-10H,1-4H3,(H,18,21)(H,19,20). The smallest absolute Gasteiger partial charge is 0.259 e. The van der Waals surface area contributed by atoms with Crippen LogP contribution in [0.5, 0.6) is 0 Å². The van der Waals surface area contributed by atoms with Gasteiger partial charge in [0.25, 0.3) is 11.8 Å². The molecule has 0 aliphatic heterocycles. The van der Waals surface area contributed by atoms with Gasteiger partial charge in [-0.05, 0) is 58.0 Å². The Morgan fingerprint density at radius 2 is 1.64 bits per heavy atom. The van der Waals surface area contributed by atoms with Crippen molar-refractivity contribution in [3.8, 4) is 0 Å². The van der Waals surface area contributed by atoms with Crippen LogP contribution >= 0.6 is 0 Å². The maximum Gasteiger partial charge on any atom is 0.259 e. The third-order valence-electron chi connectivity index (χ3n) is 3.00. The van der Waals surface area contributed by atoms with Crippen molar-refractivity contribution in [3.63, 3.8) is 0 Å². The third kappa shape index (κ3) is 3.97. The van der Waals surface area contributed by atoms with Gasteiger partial charge in [-0.15, -0.1) is 0 Å². The normalized spacial score (nSPS) is 11.1. The third-order valence-corrected chi connectivity index (χ3v) is 3.00. The quantitative estimate of drug-likeness (QED) is 0.913. The molecule has 0 saturated heterocycles. The molecular weight excluding hydrogens is 280 g/mol. The SMILES string of the molecule is Cc1occc1C(=O)Nc1ccc(C(=O)NC(C)(C)C)cc1. The summed E-state index contributed by atoms with van der Waals surface area (Å²) in [6, 6.07) is 8.38. The van der Waals surface area contributed by atoms with Gasteiger partial charge in [-0.1, -0.05) is 0 Å². The molecular formula is C17H20N2O3. The Labute approximate surface area is 129 Å². The molecule has 0 saturated carbocycles. The number of carbonyl (C=O) groups is 2. The predicted molar refractivity (Wildman–Crippen MR) is 85.1 cm³/mol. The fourth-order valence-electron chi connectivity index (χ4n) is 1.94. The molecule has 0 aliphatic rings. The van der Waals surface area contributed by atoms with Crippen LogP contribution in [0.1, 0.15) is 47.2 Å². The first-order valence-corrected chi connectivity index (χ1v) is 7.04. The molecule has 0 radical (unpaired) electrons. The minimum absolute atomic E-state index is 0.143. The molecule has 22 heavy (non-hydrogen) atoms. The number of carbonyl (C=O) groups excluding carboxylic acids is 2. The first-order chi connectivity index (χ1) is 10.3. The number of rotatable bonds is 3. The molecule has 0 spiro atoms. The highest BCUT2D eigenvalue weighted by molar-refractivity contribution is 6.05. The number of hydrogen-bond acceptors (Lipinski definition) is 3. The van der Waals surface area contributed by atoms with E-state index in [2.05, 4.69) is 10.6 Å². The molecule has 0 unspecified atom stereocenters. The van der Waals surface area contributed by atoms with Gasteiger partial charge in [-0.2, -0.15) is 0 Å². The van der Waals surface area contributed by atoms with Crippen molar-refractivity contribution in [2.24, 2.45) is 0 Å². The van der Waals surface area contributed by atoms with E-state index >= 15 is 0 Å². The summed E-state index contributed by atoms with van der Waals surface area (Å²) < 4.78 is 5.11. The van der Waals surface area contributed by atoms with Gasteiger partial charge in [0.15, 0.2) is 0 Å². The largest absolute Gasteiger partial charge is 0.469 e. The van der Waals surface area contributed by atoms with Gasteiger partial charge in [0, 0.05) is 16.8 Å². The van der Waals surface area contributed by atoms with Crippen molar-refractivity contribution in [1.29, 1.82) is 0 Å². The van der Waals surface area contributed by atoms with Crippen molar-refractivity contribution in [1.82, 2.24) is 5.32 Å². The van der Waals surface area contributed by atoms with E-state index in [4.69, 9.17) is 4.42 Å². The second-order valence-electron chi connectivity index (χ2n) is 6.13. The number of hydrogen-bond donors (Lipinski definition) is 2. The van der Waals surface area contributed by atoms with Crippen LogP contribution in [-0.4, -0.2) is 17.4 Å². The van der Waals surface area contributed by atoms with Gasteiger partial charge in [0.2, 0.25) is 0 Å². The topological polar surface area (TPSA) is 71.3 Å². The van der Waals surface area contributed by atoms with Crippen LogP contribution in [0.25, 0.3) is 0 Å². The second-order valence-corrected chi connectivity index (χ2v) is 6.13. The van der Waals surface area contributed by atoms with Gasteiger partial charge in [0.05, 0.1) is 11.8 Å². The highest BCUT2D eigenvalue weighted by atomic mass is 16.3. The first-order valence-electron chi connectivity index (χ1n) is 7.04. The van der Waals surface area contributed by atoms with Crippen LogP contribution in [0, 0.1) is 6.92 Å². The highest BCUT2D eigenvalue weighted by Gasteiger charge is 2.15. The number of amides is 2. The fraction of sp³-hybridized carbons (Fsp3) is 0.294. The molecule has 2 amide bonds. The van der Waals surface area contributed by atoms with Crippen LogP contribution in [0.4, 0.5) is 5.69 Å². The van der Waals surface area contributed by atoms with E-state index in [1.807, 2.05) is 20.8 Å². The average molecular weight is 300 g/mol. The number of aryl methyl sites for hydroxylation is 1. The van der Waals surface area contributed by atoms with Crippen molar-refractivity contribution in [2.45, 2.75) is 33.2 Å². The Morgan fingerprint density at radius 1 is 1.00 bits per heavy atom. The first kappa shape index (κ1) is 15.8. The van der Waals surface area contributed by atoms with E-state index < -0.39 is 0 Å². The molecule has 116 valence electrons. The lowest BCUT2D eigenvalue weighted by Crippen LogP contribution is -2.40. The maximum absolute atomic E-state index is 12.1. The van der Waals surface area contributed by atoms with Crippen molar-refractivity contribution >= 4 is 17.5 Å². The molecule has 1 aromatic carbocycles. The molecule has 2 N–H and O–H groups in total. The zero-order valence-corrected chi connectivity index (χ0v) is 13.2. The van der Waals surface area contributed by atoms with Crippen molar-refractivity contribution < 1.29 is 14.0 Å². The van der Waals surface area contributed by atoms with Gasteiger partial charge in [0.1, 0.15) is 5.76 Å². The maximum atomic E-state index is 12.1. The highest BCUT2D eigenvalue weighted by Crippen LogP contribution is 2.14. The minimum Gasteiger partial charge on any atom is -0.469 e. The van der Waals surface area contributed by atoms with E-state index in [1.54, 1.807) is 37.3 Å². The molecule has 2 rings (SSSR count). The summed E-state index contributed by atoms with van der Waals surface area (Å²) in [5, 5.41) is 5.66. The van der Waals surface area contributed by atoms with Crippen LogP contribution in [0.2, 0.25) is 0 Å². The summed E-state index contributed by atoms with van der Waals surface area (Å²) in [7, 11) is 0. The molecule has 0 bridgehead atoms. The molecule has 0 atom stereocenters. The summed E-state index contributed by atoms with van der Waals surface area (Å²) in [6.45, 7) is 7.50. The lowest BCUT2D eigenvalue weighted by atomic mass is 10.1. The van der Waals surface area contributed by atoms with Gasteiger partial charge in [-0.3, -0.25) is 9.59 Å². The number of anilines is 1. The average Bonchev–Trinajstić information content (AvgIpc) is 2.84. The molecule has 0 fully saturated rings. The fourth-order valence-corrected chi connectivity index (χ4v) is 1.94. The lowest BCUT2D eigenvalue weighted by Gasteiger charge is -2.20. The van der Waals surface area contributed by atoms with Gasteiger partial charge < -0.3 is 15.1 Å². The summed E-state index contributed by atoms with van der Waals surface area (Å²) in [6.07, 6.45) is 1.48. The van der Waals surface area contributed by atoms with Crippen LogP contribution in [-0.2, 0) is 0 Å². The minimum atomic E-state index is -0.289. The molecule has 1 aromatic heterocycles. The van der Waals surface area contributed by atoms with Crippen molar-refractivity contribution in [2.75, 3.05) is 5.32 Å². The molecule has 0 aliphatic carbocycles. The van der Waals surface area contributed by atoms with Gasteiger partial charge in [-0.25, -0.2) is 0 Å². The number of nitrogens with one attached hydrogen (secondary N) is 2. The lowest BCUT2D eigenvalue weighted by molar-refractivity contribution is 0.0919. The Morgan fingerprint density at radius 3 is 2.14 bits per heavy atom. The van der Waals surface area contributed by atoms with Crippen LogP contribution in [0.15, 0.2) is 41.0 Å². The van der Waals surface area contributed by atoms with E-state index in [9.17, 15) is 9.59 Å². The molecule has 5 nitrogen and oxygen atoms in total. The van der Waals surface area contributed by atoms with E-state index in [0.717, 1.165) is 0 Å². The summed E-state index contributed by atoms with van der Waals surface area (Å²) in [4.78, 5) is 24.1. The zero-order valence-electron chi connectivity index (χ0n) is 13.2. The van der Waals surface area contributed by atoms with Crippen molar-refractivity contribution in [3.05, 3.63) is 53.5 Å². The van der Waals surface area contributed by atoms with E-state index in [0.29, 0.717) is 22.6 Å². The second kappa shape index (κ2) is 6.05. The van der Waals surface area contributed by atoms with E-state index in [-0.39, 0.29) is 17.4 Å². The van der Waals surface area contributed by atoms with E-state index in [1.165, 1.54) is 6.26 Å². The molecule has 1 heterocycles. The number of benzene rings is 1. The summed E-state index contributed by atoms with van der Waals surface area (Å²) in [5.74, 6) is 0.188. The predicted octanol–water partition coefficient (Wildman–Crippen LogP) is 3.37. The monoisotopic (exact) mass is 300 g/mol. The summed E-state index contributed by atoms with van der Waals surface area (Å²) in [5.41, 5.74) is 1.38. The molecule has 2 aromatic rings. The Balaban J connectivity index is 2.05. The zero-order chi connectivity index (χ0) is 16.3. The van der Waals surface area contributed by atoms with Gasteiger partial charge >= 0.3 is 0 Å². The van der Waals surface area contributed by atoms with Crippen LogP contribution in [0.3, 0.4) is 0 Å². The Kier molecular flexibility index (Phi) is 4.35.